The third-order valence-electron chi connectivity index (χ3n) is 2.46. The second kappa shape index (κ2) is 4.16. The van der Waals surface area contributed by atoms with Crippen LogP contribution in [0.3, 0.4) is 0 Å². The van der Waals surface area contributed by atoms with Crippen LogP contribution in [0.25, 0.3) is 11.1 Å². The molecule has 2 heteroatoms. The Labute approximate surface area is 93.8 Å². The Balaban J connectivity index is 2.64. The van der Waals surface area contributed by atoms with Crippen LogP contribution in [0.4, 0.5) is 4.39 Å². The van der Waals surface area contributed by atoms with Crippen LogP contribution in [0, 0.1) is 24.1 Å². The molecule has 78 valence electrons. The fourth-order valence-corrected chi connectivity index (χ4v) is 1.65. The zero-order valence-corrected chi connectivity index (χ0v) is 8.87. The van der Waals surface area contributed by atoms with Crippen molar-refractivity contribution in [3.63, 3.8) is 0 Å². The van der Waals surface area contributed by atoms with Gasteiger partial charge in [-0.3, -0.25) is 0 Å². The van der Waals surface area contributed by atoms with E-state index in [1.807, 2.05) is 13.0 Å². The molecule has 1 nitrogen and oxygen atoms in total. The molecule has 0 unspecified atom stereocenters. The summed E-state index contributed by atoms with van der Waals surface area (Å²) in [7, 11) is 0. The SMILES string of the molecule is Cc1ccc(-c2ccccc2C#N)c(F)c1. The minimum Gasteiger partial charge on any atom is -0.206 e. The summed E-state index contributed by atoms with van der Waals surface area (Å²) in [4.78, 5) is 0. The molecule has 0 saturated carbocycles. The van der Waals surface area contributed by atoms with Gasteiger partial charge in [-0.15, -0.1) is 0 Å². The summed E-state index contributed by atoms with van der Waals surface area (Å²) in [5.41, 5.74) is 2.48. The molecule has 0 bridgehead atoms. The first-order valence-electron chi connectivity index (χ1n) is 4.98. The van der Waals surface area contributed by atoms with Crippen molar-refractivity contribution in [1.29, 1.82) is 5.26 Å². The first-order chi connectivity index (χ1) is 7.72. The lowest BCUT2D eigenvalue weighted by Crippen LogP contribution is -1.88. The van der Waals surface area contributed by atoms with Crippen molar-refractivity contribution in [2.75, 3.05) is 0 Å². The normalized spacial score (nSPS) is 9.81. The van der Waals surface area contributed by atoms with E-state index in [-0.39, 0.29) is 5.82 Å². The standard InChI is InChI=1S/C14H10FN/c1-10-6-7-13(14(15)8-10)12-5-3-2-4-11(12)9-16/h2-8H,1H3. The number of halogens is 1. The van der Waals surface area contributed by atoms with Gasteiger partial charge in [0.05, 0.1) is 11.6 Å². The van der Waals surface area contributed by atoms with E-state index in [0.717, 1.165) is 5.56 Å². The second-order valence-electron chi connectivity index (χ2n) is 3.64. The van der Waals surface area contributed by atoms with Crippen LogP contribution < -0.4 is 0 Å². The van der Waals surface area contributed by atoms with Gasteiger partial charge in [-0.2, -0.15) is 5.26 Å². The van der Waals surface area contributed by atoms with Crippen LogP contribution in [-0.4, -0.2) is 0 Å². The Hall–Kier alpha value is -2.14. The molecule has 0 aliphatic heterocycles. The van der Waals surface area contributed by atoms with Crippen LogP contribution in [0.1, 0.15) is 11.1 Å². The monoisotopic (exact) mass is 211 g/mol. The molecule has 0 saturated heterocycles. The summed E-state index contributed by atoms with van der Waals surface area (Å²) in [5.74, 6) is -0.289. The minimum atomic E-state index is -0.289. The number of benzene rings is 2. The van der Waals surface area contributed by atoms with Gasteiger partial charge in [0.1, 0.15) is 5.82 Å². The number of nitriles is 1. The van der Waals surface area contributed by atoms with Crippen LogP contribution in [0.2, 0.25) is 0 Å². The molecule has 0 aliphatic rings. The summed E-state index contributed by atoms with van der Waals surface area (Å²) in [6.07, 6.45) is 0. The molecule has 0 spiro atoms. The van der Waals surface area contributed by atoms with E-state index in [0.29, 0.717) is 16.7 Å². The Bertz CT molecular complexity index is 567. The zero-order valence-electron chi connectivity index (χ0n) is 8.87. The number of aryl methyl sites for hydroxylation is 1. The van der Waals surface area contributed by atoms with E-state index in [9.17, 15) is 4.39 Å². The summed E-state index contributed by atoms with van der Waals surface area (Å²) in [5, 5.41) is 8.95. The number of rotatable bonds is 1. The number of hydrogen-bond donors (Lipinski definition) is 0. The Morgan fingerprint density at radius 1 is 1.06 bits per heavy atom. The summed E-state index contributed by atoms with van der Waals surface area (Å²) in [6.45, 7) is 1.84. The number of nitrogens with zero attached hydrogens (tertiary/aromatic N) is 1. The molecule has 2 aromatic rings. The molecule has 16 heavy (non-hydrogen) atoms. The van der Waals surface area contributed by atoms with Crippen LogP contribution in [0.15, 0.2) is 42.5 Å². The Kier molecular flexibility index (Phi) is 2.70. The Morgan fingerprint density at radius 2 is 1.81 bits per heavy atom. The lowest BCUT2D eigenvalue weighted by atomic mass is 9.99. The van der Waals surface area contributed by atoms with Gasteiger partial charge in [0.2, 0.25) is 0 Å². The van der Waals surface area contributed by atoms with E-state index in [1.54, 1.807) is 30.3 Å². The largest absolute Gasteiger partial charge is 0.206 e. The molecule has 2 rings (SSSR count). The topological polar surface area (TPSA) is 23.8 Å². The molecule has 0 atom stereocenters. The average Bonchev–Trinajstić information content (AvgIpc) is 2.29. The maximum absolute atomic E-state index is 13.7. The summed E-state index contributed by atoms with van der Waals surface area (Å²) >= 11 is 0. The first-order valence-corrected chi connectivity index (χ1v) is 4.98. The van der Waals surface area contributed by atoms with E-state index in [2.05, 4.69) is 6.07 Å². The average molecular weight is 211 g/mol. The highest BCUT2D eigenvalue weighted by Crippen LogP contribution is 2.26. The van der Waals surface area contributed by atoms with Gasteiger partial charge in [0.25, 0.3) is 0 Å². The molecule has 0 fully saturated rings. The summed E-state index contributed by atoms with van der Waals surface area (Å²) in [6, 6.07) is 14.1. The van der Waals surface area contributed by atoms with E-state index in [4.69, 9.17) is 5.26 Å². The molecule has 0 aromatic heterocycles. The predicted octanol–water partition coefficient (Wildman–Crippen LogP) is 3.67. The van der Waals surface area contributed by atoms with E-state index >= 15 is 0 Å². The molecule has 2 aromatic carbocycles. The van der Waals surface area contributed by atoms with Gasteiger partial charge in [-0.25, -0.2) is 4.39 Å². The predicted molar refractivity (Wildman–Crippen MR) is 61.3 cm³/mol. The van der Waals surface area contributed by atoms with Crippen molar-refractivity contribution in [3.8, 4) is 17.2 Å². The Morgan fingerprint density at radius 3 is 2.50 bits per heavy atom. The fraction of sp³-hybridized carbons (Fsp3) is 0.0714. The maximum Gasteiger partial charge on any atom is 0.131 e. The van der Waals surface area contributed by atoms with Gasteiger partial charge in [0.15, 0.2) is 0 Å². The van der Waals surface area contributed by atoms with Gasteiger partial charge in [-0.1, -0.05) is 30.3 Å². The van der Waals surface area contributed by atoms with Crippen molar-refractivity contribution >= 4 is 0 Å². The molecular formula is C14H10FN. The highest BCUT2D eigenvalue weighted by Gasteiger charge is 2.08. The van der Waals surface area contributed by atoms with Crippen molar-refractivity contribution in [1.82, 2.24) is 0 Å². The maximum atomic E-state index is 13.7. The molecular weight excluding hydrogens is 201 g/mol. The molecule has 0 N–H and O–H groups in total. The van der Waals surface area contributed by atoms with Crippen LogP contribution >= 0.6 is 0 Å². The molecule has 0 aliphatic carbocycles. The third-order valence-corrected chi connectivity index (χ3v) is 2.46. The van der Waals surface area contributed by atoms with Crippen LogP contribution in [0.5, 0.6) is 0 Å². The fourth-order valence-electron chi connectivity index (χ4n) is 1.65. The number of hydrogen-bond acceptors (Lipinski definition) is 1. The van der Waals surface area contributed by atoms with Crippen molar-refractivity contribution in [2.24, 2.45) is 0 Å². The highest BCUT2D eigenvalue weighted by atomic mass is 19.1. The third kappa shape index (κ3) is 1.80. The minimum absolute atomic E-state index is 0.289. The molecule has 0 amide bonds. The lowest BCUT2D eigenvalue weighted by Gasteiger charge is -2.06. The second-order valence-corrected chi connectivity index (χ2v) is 3.64. The smallest absolute Gasteiger partial charge is 0.131 e. The van der Waals surface area contributed by atoms with E-state index < -0.39 is 0 Å². The molecule has 0 radical (unpaired) electrons. The van der Waals surface area contributed by atoms with Gasteiger partial charge >= 0.3 is 0 Å². The van der Waals surface area contributed by atoms with Gasteiger partial charge in [0, 0.05) is 11.1 Å². The lowest BCUT2D eigenvalue weighted by molar-refractivity contribution is 0.630. The van der Waals surface area contributed by atoms with Crippen molar-refractivity contribution in [3.05, 3.63) is 59.4 Å². The first kappa shape index (κ1) is 10.4. The van der Waals surface area contributed by atoms with Crippen LogP contribution in [-0.2, 0) is 0 Å². The van der Waals surface area contributed by atoms with Gasteiger partial charge in [-0.05, 0) is 24.6 Å². The van der Waals surface area contributed by atoms with Crippen molar-refractivity contribution < 1.29 is 4.39 Å². The zero-order chi connectivity index (χ0) is 11.5. The molecule has 0 heterocycles. The highest BCUT2D eigenvalue weighted by molar-refractivity contribution is 5.71. The quantitative estimate of drug-likeness (QED) is 0.706. The van der Waals surface area contributed by atoms with Gasteiger partial charge < -0.3 is 0 Å². The van der Waals surface area contributed by atoms with Crippen molar-refractivity contribution in [2.45, 2.75) is 6.92 Å². The van der Waals surface area contributed by atoms with E-state index in [1.165, 1.54) is 6.07 Å². The summed E-state index contributed by atoms with van der Waals surface area (Å²) < 4.78 is 13.7.